The molecule has 1 aromatic heterocycles. The van der Waals surface area contributed by atoms with Crippen molar-refractivity contribution in [1.82, 2.24) is 20.1 Å². The molecule has 276 valence electrons. The van der Waals surface area contributed by atoms with E-state index in [-0.39, 0.29) is 40.0 Å². The maximum absolute atomic E-state index is 14.7. The van der Waals surface area contributed by atoms with Crippen LogP contribution in [0.25, 0.3) is 33.3 Å². The van der Waals surface area contributed by atoms with Gasteiger partial charge in [-0.15, -0.1) is 0 Å². The van der Waals surface area contributed by atoms with E-state index in [4.69, 9.17) is 4.98 Å². The van der Waals surface area contributed by atoms with Crippen LogP contribution >= 0.6 is 0 Å². The molecule has 1 N–H and O–H groups in total. The van der Waals surface area contributed by atoms with Crippen LogP contribution in [0, 0.1) is 0 Å². The van der Waals surface area contributed by atoms with E-state index in [1.807, 2.05) is 30.3 Å². The number of nitrogens with one attached hydrogen (secondary N) is 1. The Hall–Kier alpha value is -4.74. The lowest BCUT2D eigenvalue weighted by Crippen LogP contribution is -2.46. The van der Waals surface area contributed by atoms with Crippen molar-refractivity contribution in [2.45, 2.75) is 63.1 Å². The highest BCUT2D eigenvalue weighted by Gasteiger charge is 2.43. The van der Waals surface area contributed by atoms with Crippen molar-refractivity contribution in [3.05, 3.63) is 125 Å². The van der Waals surface area contributed by atoms with Gasteiger partial charge in [-0.05, 0) is 92.8 Å². The third-order valence-corrected chi connectivity index (χ3v) is 10.5. The second kappa shape index (κ2) is 15.3. The Morgan fingerprint density at radius 3 is 2.06 bits per heavy atom. The first kappa shape index (κ1) is 36.6. The lowest BCUT2D eigenvalue weighted by atomic mass is 9.92. The van der Waals surface area contributed by atoms with Crippen LogP contribution in [0.5, 0.6) is 0 Å². The summed E-state index contributed by atoms with van der Waals surface area (Å²) in [7, 11) is 0. The summed E-state index contributed by atoms with van der Waals surface area (Å²) < 4.78 is 86.2. The third kappa shape index (κ3) is 8.26. The van der Waals surface area contributed by atoms with Crippen LogP contribution in [0.3, 0.4) is 0 Å². The number of aromatic nitrogens is 1. The first-order valence-corrected chi connectivity index (χ1v) is 18.0. The molecule has 5 aromatic rings. The number of halogens is 6. The maximum atomic E-state index is 14.7. The summed E-state index contributed by atoms with van der Waals surface area (Å²) in [6.07, 6.45) is -4.21. The van der Waals surface area contributed by atoms with Crippen LogP contribution in [-0.4, -0.2) is 59.1 Å². The fraction of sp³-hybridized carbons (Fsp3) is 0.333. The number of piperidine rings is 2. The minimum Gasteiger partial charge on any atom is -0.337 e. The topological polar surface area (TPSA) is 48.5 Å². The minimum atomic E-state index is -4.84. The average Bonchev–Trinajstić information content (AvgIpc) is 3.17. The number of benzene rings is 4. The average molecular weight is 731 g/mol. The number of hydrogen-bond donors (Lipinski definition) is 1. The second-order valence-corrected chi connectivity index (χ2v) is 14.0. The number of rotatable bonds is 8. The first-order valence-electron chi connectivity index (χ1n) is 18.0. The fourth-order valence-corrected chi connectivity index (χ4v) is 7.76. The van der Waals surface area contributed by atoms with Gasteiger partial charge in [-0.1, -0.05) is 85.3 Å². The number of carbonyl (C=O) groups is 1. The molecule has 3 heterocycles. The summed E-state index contributed by atoms with van der Waals surface area (Å²) in [4.78, 5) is 24.2. The van der Waals surface area contributed by atoms with E-state index < -0.39 is 29.9 Å². The van der Waals surface area contributed by atoms with Crippen LogP contribution in [0.15, 0.2) is 103 Å². The Labute approximate surface area is 304 Å². The van der Waals surface area contributed by atoms with Crippen molar-refractivity contribution < 1.29 is 31.1 Å². The van der Waals surface area contributed by atoms with Gasteiger partial charge in [0.2, 0.25) is 0 Å². The molecule has 0 saturated carbocycles. The van der Waals surface area contributed by atoms with Crippen molar-refractivity contribution in [2.24, 2.45) is 0 Å². The number of pyridine rings is 1. The number of alkyl halides is 6. The van der Waals surface area contributed by atoms with Gasteiger partial charge in [0, 0.05) is 29.1 Å². The normalized spacial score (nSPS) is 17.2. The van der Waals surface area contributed by atoms with Gasteiger partial charge in [-0.3, -0.25) is 9.69 Å². The molecule has 7 rings (SSSR count). The van der Waals surface area contributed by atoms with Crippen LogP contribution < -0.4 is 5.32 Å². The number of fused-ring (bicyclic) bond motifs is 1. The van der Waals surface area contributed by atoms with Crippen molar-refractivity contribution in [2.75, 3.05) is 26.2 Å². The Kier molecular flexibility index (Phi) is 10.6. The summed E-state index contributed by atoms with van der Waals surface area (Å²) in [5.74, 6) is -0.986. The highest BCUT2D eigenvalue weighted by Crippen LogP contribution is 2.39. The Morgan fingerprint density at radius 1 is 0.736 bits per heavy atom. The number of nitrogens with zero attached hydrogens (tertiary/aromatic N) is 3. The highest BCUT2D eigenvalue weighted by atomic mass is 19.4. The first-order chi connectivity index (χ1) is 25.5. The predicted molar refractivity (Wildman–Crippen MR) is 194 cm³/mol. The maximum Gasteiger partial charge on any atom is 0.416 e. The molecule has 2 aliphatic rings. The molecule has 11 heteroatoms. The molecule has 1 atom stereocenters. The summed E-state index contributed by atoms with van der Waals surface area (Å²) in [6, 6.07) is 24.5. The third-order valence-electron chi connectivity index (χ3n) is 10.5. The van der Waals surface area contributed by atoms with Crippen LogP contribution in [0.1, 0.15) is 65.2 Å². The van der Waals surface area contributed by atoms with E-state index in [0.29, 0.717) is 30.1 Å². The number of hydrogen-bond acceptors (Lipinski definition) is 4. The molecule has 0 bridgehead atoms. The van der Waals surface area contributed by atoms with E-state index in [9.17, 15) is 31.1 Å². The Bertz CT molecular complexity index is 2040. The lowest BCUT2D eigenvalue weighted by molar-refractivity contribution is -0.155. The zero-order valence-electron chi connectivity index (χ0n) is 29.1. The van der Waals surface area contributed by atoms with Gasteiger partial charge in [0.05, 0.1) is 22.3 Å². The van der Waals surface area contributed by atoms with Gasteiger partial charge in [0.25, 0.3) is 5.91 Å². The molecule has 0 radical (unpaired) electrons. The second-order valence-electron chi connectivity index (χ2n) is 14.0. The van der Waals surface area contributed by atoms with Gasteiger partial charge in [0.15, 0.2) is 6.04 Å². The SMILES string of the molecule is O=C(NC(c1ccccc1)C(F)(F)F)c1c(CN2CCC(N3CCCCC3)CC2)c(-c2cccc(C(F)(F)F)c2)nc2ccc(-c3ccccc3)cc12. The van der Waals surface area contributed by atoms with Crippen molar-refractivity contribution in [3.63, 3.8) is 0 Å². The van der Waals surface area contributed by atoms with E-state index >= 15 is 0 Å². The Balaban J connectivity index is 1.39. The molecule has 2 aliphatic heterocycles. The summed E-state index contributed by atoms with van der Waals surface area (Å²) in [5.41, 5.74) is 1.27. The van der Waals surface area contributed by atoms with Gasteiger partial charge in [-0.2, -0.15) is 26.3 Å². The number of amides is 1. The minimum absolute atomic E-state index is 0.0384. The van der Waals surface area contributed by atoms with Crippen LogP contribution in [0.4, 0.5) is 26.3 Å². The molecule has 5 nitrogen and oxygen atoms in total. The molecule has 2 saturated heterocycles. The molecule has 4 aromatic carbocycles. The number of carbonyl (C=O) groups excluding carboxylic acids is 1. The van der Waals surface area contributed by atoms with E-state index in [1.165, 1.54) is 42.8 Å². The standard InChI is InChI=1S/C42H40F6N4O/c43-41(44,45)32-16-10-15-31(25-32)38-35(27-51-23-19-33(20-24-51)52-21-8-3-9-22-52)37(40(53)50-39(42(46,47)48)29-13-6-2-7-14-29)34-26-30(17-18-36(34)49-38)28-11-4-1-5-12-28/h1-2,4-7,10-18,25-26,33,39H,3,8-9,19-24,27H2,(H,50,53). The molecule has 53 heavy (non-hydrogen) atoms. The lowest BCUT2D eigenvalue weighted by Gasteiger charge is -2.40. The molecule has 1 unspecified atom stereocenters. The summed E-state index contributed by atoms with van der Waals surface area (Å²) in [6.45, 7) is 3.52. The highest BCUT2D eigenvalue weighted by molar-refractivity contribution is 6.10. The monoisotopic (exact) mass is 730 g/mol. The van der Waals surface area contributed by atoms with Crippen molar-refractivity contribution in [1.29, 1.82) is 0 Å². The summed E-state index contributed by atoms with van der Waals surface area (Å²) >= 11 is 0. The fourth-order valence-electron chi connectivity index (χ4n) is 7.76. The van der Waals surface area contributed by atoms with Crippen LogP contribution in [0.2, 0.25) is 0 Å². The van der Waals surface area contributed by atoms with Gasteiger partial charge >= 0.3 is 12.4 Å². The van der Waals surface area contributed by atoms with E-state index in [0.717, 1.165) is 56.5 Å². The number of likely N-dealkylation sites (tertiary alicyclic amines) is 2. The van der Waals surface area contributed by atoms with E-state index in [2.05, 4.69) is 15.1 Å². The van der Waals surface area contributed by atoms with Crippen LogP contribution in [-0.2, 0) is 12.7 Å². The van der Waals surface area contributed by atoms with E-state index in [1.54, 1.807) is 24.3 Å². The van der Waals surface area contributed by atoms with Crippen molar-refractivity contribution in [3.8, 4) is 22.4 Å². The van der Waals surface area contributed by atoms with Gasteiger partial charge in [0.1, 0.15) is 0 Å². The van der Waals surface area contributed by atoms with Crippen molar-refractivity contribution >= 4 is 16.8 Å². The molecule has 1 amide bonds. The van der Waals surface area contributed by atoms with Gasteiger partial charge < -0.3 is 10.2 Å². The summed E-state index contributed by atoms with van der Waals surface area (Å²) in [5, 5.41) is 2.60. The quantitative estimate of drug-likeness (QED) is 0.162. The molecule has 0 spiro atoms. The molecular weight excluding hydrogens is 690 g/mol. The molecule has 0 aliphatic carbocycles. The van der Waals surface area contributed by atoms with Gasteiger partial charge in [-0.25, -0.2) is 4.98 Å². The molecule has 2 fully saturated rings. The zero-order chi connectivity index (χ0) is 37.2. The zero-order valence-corrected chi connectivity index (χ0v) is 29.1. The largest absolute Gasteiger partial charge is 0.416 e. The Morgan fingerprint density at radius 2 is 1.40 bits per heavy atom. The molecular formula is C42H40F6N4O. The predicted octanol–water partition coefficient (Wildman–Crippen LogP) is 10.1. The smallest absolute Gasteiger partial charge is 0.337 e.